The smallest absolute Gasteiger partial charge is 0.132 e. The van der Waals surface area contributed by atoms with Crippen molar-refractivity contribution in [3.63, 3.8) is 0 Å². The summed E-state index contributed by atoms with van der Waals surface area (Å²) >= 11 is 0. The van der Waals surface area contributed by atoms with Crippen LogP contribution >= 0.6 is 0 Å². The van der Waals surface area contributed by atoms with Crippen molar-refractivity contribution in [3.05, 3.63) is 41.2 Å². The van der Waals surface area contributed by atoms with E-state index in [4.69, 9.17) is 11.0 Å². The van der Waals surface area contributed by atoms with Gasteiger partial charge in [-0.2, -0.15) is 5.26 Å². The summed E-state index contributed by atoms with van der Waals surface area (Å²) in [5, 5.41) is 8.31. The van der Waals surface area contributed by atoms with Crippen LogP contribution in [0.4, 0.5) is 4.39 Å². The van der Waals surface area contributed by atoms with E-state index in [-0.39, 0.29) is 11.3 Å². The first-order valence-corrected chi connectivity index (χ1v) is 3.77. The minimum absolute atomic E-state index is 0.153. The van der Waals surface area contributed by atoms with Crippen LogP contribution in [0, 0.1) is 24.1 Å². The van der Waals surface area contributed by atoms with E-state index in [1.54, 1.807) is 25.1 Å². The quantitative estimate of drug-likeness (QED) is 0.665. The molecule has 0 aliphatic carbocycles. The van der Waals surface area contributed by atoms with Gasteiger partial charge in [-0.1, -0.05) is 6.07 Å². The van der Waals surface area contributed by atoms with E-state index in [0.29, 0.717) is 0 Å². The van der Waals surface area contributed by atoms with Gasteiger partial charge >= 0.3 is 0 Å². The topological polar surface area (TPSA) is 49.8 Å². The van der Waals surface area contributed by atoms with E-state index >= 15 is 0 Å². The maximum Gasteiger partial charge on any atom is 0.132 e. The number of halogens is 1. The third kappa shape index (κ3) is 2.06. The fourth-order valence-electron chi connectivity index (χ4n) is 1.00. The van der Waals surface area contributed by atoms with Crippen molar-refractivity contribution >= 4 is 5.70 Å². The Bertz CT molecular complexity index is 388. The molecule has 1 aromatic carbocycles. The Morgan fingerprint density at radius 2 is 2.31 bits per heavy atom. The molecular weight excluding hydrogens is 167 g/mol. The predicted molar refractivity (Wildman–Crippen MR) is 48.9 cm³/mol. The Hall–Kier alpha value is -1.82. The van der Waals surface area contributed by atoms with Gasteiger partial charge in [0.2, 0.25) is 0 Å². The van der Waals surface area contributed by atoms with Gasteiger partial charge in [0.15, 0.2) is 0 Å². The Balaban J connectivity index is 3.18. The molecule has 0 fully saturated rings. The average Bonchev–Trinajstić information content (AvgIpc) is 2.04. The highest BCUT2D eigenvalue weighted by atomic mass is 19.1. The van der Waals surface area contributed by atoms with Crippen LogP contribution in [0.3, 0.4) is 0 Å². The van der Waals surface area contributed by atoms with E-state index in [9.17, 15) is 4.39 Å². The van der Waals surface area contributed by atoms with Gasteiger partial charge in [0.25, 0.3) is 0 Å². The number of benzene rings is 1. The van der Waals surface area contributed by atoms with Gasteiger partial charge in [-0.15, -0.1) is 0 Å². The molecule has 0 radical (unpaired) electrons. The molecule has 0 saturated heterocycles. The van der Waals surface area contributed by atoms with Gasteiger partial charge in [0.1, 0.15) is 5.82 Å². The van der Waals surface area contributed by atoms with Crippen LogP contribution < -0.4 is 5.73 Å². The second-order valence-corrected chi connectivity index (χ2v) is 2.71. The van der Waals surface area contributed by atoms with Crippen molar-refractivity contribution in [3.8, 4) is 6.07 Å². The number of nitriles is 1. The summed E-state index contributed by atoms with van der Waals surface area (Å²) in [5.74, 6) is -0.399. The maximum atomic E-state index is 13.2. The Labute approximate surface area is 76.1 Å². The molecule has 0 spiro atoms. The molecule has 0 atom stereocenters. The molecule has 66 valence electrons. The van der Waals surface area contributed by atoms with Crippen LogP contribution in [0.1, 0.15) is 11.1 Å². The van der Waals surface area contributed by atoms with Crippen molar-refractivity contribution in [1.29, 1.82) is 5.26 Å². The third-order valence-electron chi connectivity index (χ3n) is 1.66. The summed E-state index contributed by atoms with van der Waals surface area (Å²) in [7, 11) is 0. The van der Waals surface area contributed by atoms with Crippen LogP contribution in [0.25, 0.3) is 5.70 Å². The van der Waals surface area contributed by atoms with Gasteiger partial charge < -0.3 is 5.73 Å². The van der Waals surface area contributed by atoms with E-state index in [2.05, 4.69) is 0 Å². The fourth-order valence-corrected chi connectivity index (χ4v) is 1.00. The van der Waals surface area contributed by atoms with Crippen LogP contribution in [0.2, 0.25) is 0 Å². The zero-order valence-electron chi connectivity index (χ0n) is 7.21. The number of aryl methyl sites for hydroxylation is 1. The number of rotatable bonds is 1. The first-order chi connectivity index (χ1) is 6.15. The van der Waals surface area contributed by atoms with Crippen molar-refractivity contribution < 1.29 is 4.39 Å². The highest BCUT2D eigenvalue weighted by Crippen LogP contribution is 2.14. The lowest BCUT2D eigenvalue weighted by molar-refractivity contribution is 0.622. The van der Waals surface area contributed by atoms with E-state index in [1.807, 2.05) is 0 Å². The molecule has 0 bridgehead atoms. The third-order valence-corrected chi connectivity index (χ3v) is 1.66. The summed E-state index contributed by atoms with van der Waals surface area (Å²) in [6, 6.07) is 6.45. The molecule has 1 aromatic rings. The van der Waals surface area contributed by atoms with E-state index < -0.39 is 5.82 Å². The fraction of sp³-hybridized carbons (Fsp3) is 0.100. The SMILES string of the molecule is Cc1ccc(/C(N)=C/C#N)c(F)c1. The zero-order valence-corrected chi connectivity index (χ0v) is 7.21. The van der Waals surface area contributed by atoms with Gasteiger partial charge in [-0.05, 0) is 24.6 Å². The molecule has 2 nitrogen and oxygen atoms in total. The molecule has 0 saturated carbocycles. The summed E-state index contributed by atoms with van der Waals surface area (Å²) in [4.78, 5) is 0. The molecule has 3 heteroatoms. The summed E-state index contributed by atoms with van der Waals surface area (Å²) in [5.41, 5.74) is 6.70. The number of nitrogens with zero attached hydrogens (tertiary/aromatic N) is 1. The molecular formula is C10H9FN2. The first kappa shape index (κ1) is 9.27. The summed E-state index contributed by atoms with van der Waals surface area (Å²) < 4.78 is 13.2. The Morgan fingerprint density at radius 1 is 1.62 bits per heavy atom. The largest absolute Gasteiger partial charge is 0.398 e. The highest BCUT2D eigenvalue weighted by molar-refractivity contribution is 5.65. The van der Waals surface area contributed by atoms with Crippen LogP contribution in [-0.2, 0) is 0 Å². The lowest BCUT2D eigenvalue weighted by atomic mass is 10.1. The molecule has 0 amide bonds. The molecule has 0 aromatic heterocycles. The lowest BCUT2D eigenvalue weighted by Crippen LogP contribution is -1.99. The first-order valence-electron chi connectivity index (χ1n) is 3.77. The monoisotopic (exact) mass is 176 g/mol. The van der Waals surface area contributed by atoms with Gasteiger partial charge in [-0.3, -0.25) is 0 Å². The lowest BCUT2D eigenvalue weighted by Gasteiger charge is -2.02. The standard InChI is InChI=1S/C10H9FN2/c1-7-2-3-8(9(11)6-7)10(13)4-5-12/h2-4,6H,13H2,1H3/b10-4-. The Kier molecular flexibility index (Phi) is 2.65. The minimum Gasteiger partial charge on any atom is -0.398 e. The average molecular weight is 176 g/mol. The molecule has 0 aliphatic heterocycles. The van der Waals surface area contributed by atoms with E-state index in [1.165, 1.54) is 6.07 Å². The number of nitrogens with two attached hydrogens (primary N) is 1. The second kappa shape index (κ2) is 3.72. The van der Waals surface area contributed by atoms with Gasteiger partial charge in [0, 0.05) is 11.6 Å². The zero-order chi connectivity index (χ0) is 9.84. The van der Waals surface area contributed by atoms with E-state index in [0.717, 1.165) is 11.6 Å². The Morgan fingerprint density at radius 3 is 2.85 bits per heavy atom. The molecule has 0 heterocycles. The maximum absolute atomic E-state index is 13.2. The summed E-state index contributed by atoms with van der Waals surface area (Å²) in [6.45, 7) is 1.79. The van der Waals surface area contributed by atoms with Crippen molar-refractivity contribution in [2.24, 2.45) is 5.73 Å². The predicted octanol–water partition coefficient (Wildman–Crippen LogP) is 1.96. The van der Waals surface area contributed by atoms with Crippen LogP contribution in [-0.4, -0.2) is 0 Å². The molecule has 0 aliphatic rings. The van der Waals surface area contributed by atoms with Crippen molar-refractivity contribution in [2.45, 2.75) is 6.92 Å². The minimum atomic E-state index is -0.399. The summed E-state index contributed by atoms with van der Waals surface area (Å²) in [6.07, 6.45) is 1.12. The number of hydrogen-bond donors (Lipinski definition) is 1. The normalized spacial score (nSPS) is 11.0. The van der Waals surface area contributed by atoms with Gasteiger partial charge in [0.05, 0.1) is 11.8 Å². The number of hydrogen-bond acceptors (Lipinski definition) is 2. The van der Waals surface area contributed by atoms with Gasteiger partial charge in [-0.25, -0.2) is 4.39 Å². The molecule has 13 heavy (non-hydrogen) atoms. The van der Waals surface area contributed by atoms with Crippen LogP contribution in [0.5, 0.6) is 0 Å². The molecule has 2 N–H and O–H groups in total. The molecule has 0 unspecified atom stereocenters. The number of allylic oxidation sites excluding steroid dienone is 1. The molecule has 1 rings (SSSR count). The van der Waals surface area contributed by atoms with Crippen molar-refractivity contribution in [1.82, 2.24) is 0 Å². The highest BCUT2D eigenvalue weighted by Gasteiger charge is 2.03. The van der Waals surface area contributed by atoms with Crippen molar-refractivity contribution in [2.75, 3.05) is 0 Å². The van der Waals surface area contributed by atoms with Crippen LogP contribution in [0.15, 0.2) is 24.3 Å². The second-order valence-electron chi connectivity index (χ2n) is 2.71.